The van der Waals surface area contributed by atoms with E-state index in [0.717, 1.165) is 11.3 Å². The second kappa shape index (κ2) is 6.30. The SMILES string of the molecule is Cn1cccc1C=Cc1ccc(C(=O)O)cc1.[LiH]. The molecule has 0 spiro atoms. The Bertz CT molecular complexity index is 555. The van der Waals surface area contributed by atoms with Gasteiger partial charge in [-0.1, -0.05) is 18.2 Å². The van der Waals surface area contributed by atoms with Crippen LogP contribution >= 0.6 is 0 Å². The van der Waals surface area contributed by atoms with E-state index in [1.54, 1.807) is 24.3 Å². The van der Waals surface area contributed by atoms with E-state index in [2.05, 4.69) is 0 Å². The van der Waals surface area contributed by atoms with Crippen molar-refractivity contribution in [3.8, 4) is 0 Å². The Kier molecular flexibility index (Phi) is 5.03. The molecule has 0 radical (unpaired) electrons. The molecule has 1 aromatic carbocycles. The molecular formula is C14H14LiNO2. The van der Waals surface area contributed by atoms with Gasteiger partial charge in [0.1, 0.15) is 0 Å². The average molecular weight is 235 g/mol. The van der Waals surface area contributed by atoms with Gasteiger partial charge in [0.15, 0.2) is 0 Å². The number of aryl methyl sites for hydroxylation is 1. The summed E-state index contributed by atoms with van der Waals surface area (Å²) in [5.41, 5.74) is 2.39. The molecule has 0 atom stereocenters. The molecule has 1 N–H and O–H groups in total. The summed E-state index contributed by atoms with van der Waals surface area (Å²) in [5.74, 6) is -0.900. The van der Waals surface area contributed by atoms with Gasteiger partial charge in [-0.3, -0.25) is 0 Å². The summed E-state index contributed by atoms with van der Waals surface area (Å²) in [7, 11) is 1.98. The molecule has 1 heterocycles. The van der Waals surface area contributed by atoms with E-state index < -0.39 is 5.97 Å². The van der Waals surface area contributed by atoms with E-state index in [-0.39, 0.29) is 18.9 Å². The van der Waals surface area contributed by atoms with Gasteiger partial charge in [-0.15, -0.1) is 0 Å². The Labute approximate surface area is 118 Å². The van der Waals surface area contributed by atoms with E-state index in [0.29, 0.717) is 5.56 Å². The minimum atomic E-state index is -0.900. The molecule has 0 unspecified atom stereocenters. The molecule has 0 fully saturated rings. The second-order valence-corrected chi connectivity index (χ2v) is 3.80. The van der Waals surface area contributed by atoms with Crippen molar-refractivity contribution in [3.63, 3.8) is 0 Å². The number of nitrogens with zero attached hydrogens (tertiary/aromatic N) is 1. The van der Waals surface area contributed by atoms with Crippen LogP contribution in [0.25, 0.3) is 12.2 Å². The number of hydrogen-bond acceptors (Lipinski definition) is 1. The van der Waals surface area contributed by atoms with Gasteiger partial charge in [-0.25, -0.2) is 4.79 Å². The first-order valence-corrected chi connectivity index (χ1v) is 5.29. The van der Waals surface area contributed by atoms with Crippen LogP contribution in [0.2, 0.25) is 0 Å². The van der Waals surface area contributed by atoms with Crippen LogP contribution in [0.1, 0.15) is 21.6 Å². The normalized spacial score (nSPS) is 10.3. The summed E-state index contributed by atoms with van der Waals surface area (Å²) < 4.78 is 2.02. The fourth-order valence-corrected chi connectivity index (χ4v) is 1.57. The first-order valence-electron chi connectivity index (χ1n) is 5.29. The summed E-state index contributed by atoms with van der Waals surface area (Å²) in [6, 6.07) is 10.8. The van der Waals surface area contributed by atoms with Crippen LogP contribution in [-0.4, -0.2) is 34.5 Å². The average Bonchev–Trinajstić information content (AvgIpc) is 2.73. The molecule has 18 heavy (non-hydrogen) atoms. The summed E-state index contributed by atoms with van der Waals surface area (Å²) in [6.07, 6.45) is 5.93. The summed E-state index contributed by atoms with van der Waals surface area (Å²) in [5, 5.41) is 8.77. The molecule has 3 nitrogen and oxygen atoms in total. The predicted octanol–water partition coefficient (Wildman–Crippen LogP) is 2.25. The van der Waals surface area contributed by atoms with Crippen molar-refractivity contribution in [2.45, 2.75) is 0 Å². The van der Waals surface area contributed by atoms with Gasteiger partial charge in [0.2, 0.25) is 0 Å². The fraction of sp³-hybridized carbons (Fsp3) is 0.0714. The molecule has 2 rings (SSSR count). The zero-order valence-electron chi connectivity index (χ0n) is 9.50. The molecule has 0 aliphatic rings. The van der Waals surface area contributed by atoms with Crippen molar-refractivity contribution in [2.75, 3.05) is 0 Å². The first kappa shape index (κ1) is 14.4. The molecule has 0 amide bonds. The molecule has 1 aromatic heterocycles. The van der Waals surface area contributed by atoms with Crippen LogP contribution in [0.5, 0.6) is 0 Å². The molecule has 0 aliphatic carbocycles. The number of hydrogen-bond donors (Lipinski definition) is 1. The van der Waals surface area contributed by atoms with Gasteiger partial charge < -0.3 is 9.67 Å². The van der Waals surface area contributed by atoms with Gasteiger partial charge in [0.25, 0.3) is 0 Å². The quantitative estimate of drug-likeness (QED) is 0.829. The van der Waals surface area contributed by atoms with Gasteiger partial charge in [-0.2, -0.15) is 0 Å². The van der Waals surface area contributed by atoms with E-state index in [9.17, 15) is 4.79 Å². The summed E-state index contributed by atoms with van der Waals surface area (Å²) in [4.78, 5) is 10.7. The topological polar surface area (TPSA) is 42.2 Å². The summed E-state index contributed by atoms with van der Waals surface area (Å²) >= 11 is 0. The number of carboxylic acids is 1. The Balaban J connectivity index is 0.00000162. The van der Waals surface area contributed by atoms with Crippen LogP contribution in [0.3, 0.4) is 0 Å². The van der Waals surface area contributed by atoms with Crippen molar-refractivity contribution in [1.82, 2.24) is 4.57 Å². The fourth-order valence-electron chi connectivity index (χ4n) is 1.57. The Morgan fingerprint density at radius 3 is 2.33 bits per heavy atom. The van der Waals surface area contributed by atoms with Crippen LogP contribution < -0.4 is 0 Å². The molecule has 0 saturated carbocycles. The van der Waals surface area contributed by atoms with E-state index in [1.165, 1.54) is 0 Å². The van der Waals surface area contributed by atoms with Crippen molar-refractivity contribution < 1.29 is 9.90 Å². The van der Waals surface area contributed by atoms with Gasteiger partial charge in [0, 0.05) is 18.9 Å². The number of aromatic nitrogens is 1. The zero-order valence-corrected chi connectivity index (χ0v) is 9.50. The number of carboxylic acid groups (broad SMARTS) is 1. The van der Waals surface area contributed by atoms with Crippen molar-refractivity contribution in [3.05, 3.63) is 59.4 Å². The van der Waals surface area contributed by atoms with Crippen LogP contribution in [0.4, 0.5) is 0 Å². The van der Waals surface area contributed by atoms with Gasteiger partial charge in [0.05, 0.1) is 5.56 Å². The third-order valence-electron chi connectivity index (χ3n) is 2.59. The first-order chi connectivity index (χ1) is 8.16. The van der Waals surface area contributed by atoms with Gasteiger partial charge in [-0.05, 0) is 35.9 Å². The predicted molar refractivity (Wildman–Crippen MR) is 74.9 cm³/mol. The molecule has 2 aromatic rings. The monoisotopic (exact) mass is 235 g/mol. The molecule has 4 heteroatoms. The Hall–Kier alpha value is -1.69. The molecule has 0 bridgehead atoms. The third-order valence-corrected chi connectivity index (χ3v) is 2.59. The van der Waals surface area contributed by atoms with Crippen LogP contribution in [0, 0.1) is 0 Å². The number of rotatable bonds is 3. The third kappa shape index (κ3) is 3.40. The van der Waals surface area contributed by atoms with Crippen molar-refractivity contribution >= 4 is 37.0 Å². The molecule has 88 valence electrons. The zero-order chi connectivity index (χ0) is 12.3. The van der Waals surface area contributed by atoms with Crippen molar-refractivity contribution in [2.24, 2.45) is 7.05 Å². The maximum absolute atomic E-state index is 10.7. The number of carbonyl (C=O) groups is 1. The van der Waals surface area contributed by atoms with Gasteiger partial charge >= 0.3 is 24.8 Å². The molecule has 0 saturated heterocycles. The maximum atomic E-state index is 10.7. The van der Waals surface area contributed by atoms with E-state index in [4.69, 9.17) is 5.11 Å². The second-order valence-electron chi connectivity index (χ2n) is 3.80. The van der Waals surface area contributed by atoms with Crippen LogP contribution in [-0.2, 0) is 7.05 Å². The Morgan fingerprint density at radius 2 is 1.83 bits per heavy atom. The van der Waals surface area contributed by atoms with Crippen molar-refractivity contribution in [1.29, 1.82) is 0 Å². The summed E-state index contributed by atoms with van der Waals surface area (Å²) in [6.45, 7) is 0. The molecule has 0 aliphatic heterocycles. The van der Waals surface area contributed by atoms with Crippen LogP contribution in [0.15, 0.2) is 42.6 Å². The Morgan fingerprint density at radius 1 is 1.17 bits per heavy atom. The van der Waals surface area contributed by atoms with E-state index >= 15 is 0 Å². The number of aromatic carboxylic acids is 1. The number of benzene rings is 1. The standard InChI is InChI=1S/C14H13NO2.Li.H/c1-15-10-2-3-13(15)9-6-11-4-7-12(8-5-11)14(16)17;;/h2-10H,1H3,(H,16,17);;. The molecular weight excluding hydrogens is 221 g/mol. The minimum absolute atomic E-state index is 0. The van der Waals surface area contributed by atoms with E-state index in [1.807, 2.05) is 42.1 Å².